The van der Waals surface area contributed by atoms with E-state index in [9.17, 15) is 14.5 Å². The number of anilines is 1. The number of hydrogen-bond acceptors (Lipinski definition) is 4. The summed E-state index contributed by atoms with van der Waals surface area (Å²) >= 11 is 1.45. The van der Waals surface area contributed by atoms with Crippen LogP contribution in [0.25, 0.3) is 0 Å². The third-order valence-corrected chi connectivity index (χ3v) is 3.56. The molecule has 0 saturated carbocycles. The summed E-state index contributed by atoms with van der Waals surface area (Å²) in [7, 11) is 0. The van der Waals surface area contributed by atoms with Crippen LogP contribution in [0.5, 0.6) is 0 Å². The van der Waals surface area contributed by atoms with Gasteiger partial charge in [-0.15, -0.1) is 11.8 Å². The first-order valence-electron chi connectivity index (χ1n) is 5.47. The Balaban J connectivity index is 2.08. The molecule has 2 N–H and O–H groups in total. The molecule has 0 unspecified atom stereocenters. The fourth-order valence-corrected chi connectivity index (χ4v) is 2.47. The topological polar surface area (TPSA) is 69.2 Å². The summed E-state index contributed by atoms with van der Waals surface area (Å²) in [5.74, 6) is 0.291. The van der Waals surface area contributed by atoms with E-state index in [0.29, 0.717) is 5.75 Å². The average molecular weight is 278 g/mol. The maximum atomic E-state index is 13.0. The van der Waals surface area contributed by atoms with E-state index in [4.69, 9.17) is 5.73 Å². The molecule has 0 heterocycles. The van der Waals surface area contributed by atoms with Gasteiger partial charge in [0.2, 0.25) is 0 Å². The fraction of sp³-hybridized carbons (Fsp3) is 0.0769. The Morgan fingerprint density at radius 2 is 2.05 bits per heavy atom. The van der Waals surface area contributed by atoms with E-state index in [2.05, 4.69) is 0 Å². The Kier molecular flexibility index (Phi) is 4.01. The van der Waals surface area contributed by atoms with Crippen molar-refractivity contribution in [2.75, 3.05) is 5.73 Å². The number of benzene rings is 2. The minimum atomic E-state index is -0.515. The SMILES string of the molecule is Nc1cc(CSc2cccc(F)c2)ccc1[N+](=O)[O-]. The average Bonchev–Trinajstić information content (AvgIpc) is 2.36. The molecule has 0 saturated heterocycles. The van der Waals surface area contributed by atoms with Gasteiger partial charge in [0.15, 0.2) is 0 Å². The van der Waals surface area contributed by atoms with Crippen molar-refractivity contribution in [3.8, 4) is 0 Å². The van der Waals surface area contributed by atoms with Crippen LogP contribution in [0, 0.1) is 15.9 Å². The molecular formula is C13H11FN2O2S. The predicted molar refractivity (Wildman–Crippen MR) is 73.5 cm³/mol. The van der Waals surface area contributed by atoms with Gasteiger partial charge in [0, 0.05) is 16.7 Å². The summed E-state index contributed by atoms with van der Waals surface area (Å²) in [6.45, 7) is 0. The number of nitro benzene ring substituents is 1. The molecule has 2 aromatic rings. The second kappa shape index (κ2) is 5.71. The van der Waals surface area contributed by atoms with E-state index < -0.39 is 4.92 Å². The first kappa shape index (κ1) is 13.4. The Morgan fingerprint density at radius 3 is 2.68 bits per heavy atom. The van der Waals surface area contributed by atoms with Gasteiger partial charge in [0.25, 0.3) is 5.69 Å². The van der Waals surface area contributed by atoms with Crippen LogP contribution >= 0.6 is 11.8 Å². The van der Waals surface area contributed by atoms with E-state index in [1.807, 2.05) is 6.07 Å². The molecule has 2 aromatic carbocycles. The number of halogens is 1. The molecule has 0 radical (unpaired) electrons. The van der Waals surface area contributed by atoms with Crippen LogP contribution in [0.1, 0.15) is 5.56 Å². The lowest BCUT2D eigenvalue weighted by molar-refractivity contribution is -0.383. The molecule has 0 aliphatic rings. The van der Waals surface area contributed by atoms with Gasteiger partial charge in [-0.2, -0.15) is 0 Å². The molecule has 0 amide bonds. The van der Waals surface area contributed by atoms with E-state index in [0.717, 1.165) is 10.5 Å². The number of nitrogens with two attached hydrogens (primary N) is 1. The third kappa shape index (κ3) is 3.45. The van der Waals surface area contributed by atoms with Crippen LogP contribution in [-0.4, -0.2) is 4.92 Å². The van der Waals surface area contributed by atoms with Crippen molar-refractivity contribution in [3.05, 3.63) is 64.0 Å². The maximum absolute atomic E-state index is 13.0. The number of thioether (sulfide) groups is 1. The van der Waals surface area contributed by atoms with Crippen molar-refractivity contribution in [2.24, 2.45) is 0 Å². The van der Waals surface area contributed by atoms with Crippen molar-refractivity contribution >= 4 is 23.1 Å². The standard InChI is InChI=1S/C13H11FN2O2S/c14-10-2-1-3-11(7-10)19-8-9-4-5-13(16(17)18)12(15)6-9/h1-7H,8,15H2. The zero-order valence-electron chi connectivity index (χ0n) is 9.88. The monoisotopic (exact) mass is 278 g/mol. The Morgan fingerprint density at radius 1 is 1.26 bits per heavy atom. The lowest BCUT2D eigenvalue weighted by Crippen LogP contribution is -1.96. The first-order valence-corrected chi connectivity index (χ1v) is 6.46. The highest BCUT2D eigenvalue weighted by atomic mass is 32.2. The van der Waals surface area contributed by atoms with Crippen molar-refractivity contribution in [2.45, 2.75) is 10.6 Å². The summed E-state index contributed by atoms with van der Waals surface area (Å²) < 4.78 is 13.0. The lowest BCUT2D eigenvalue weighted by Gasteiger charge is -2.04. The number of rotatable bonds is 4. The second-order valence-electron chi connectivity index (χ2n) is 3.90. The van der Waals surface area contributed by atoms with Crippen LogP contribution in [-0.2, 0) is 5.75 Å². The van der Waals surface area contributed by atoms with Crippen LogP contribution in [0.15, 0.2) is 47.4 Å². The first-order chi connectivity index (χ1) is 9.06. The summed E-state index contributed by atoms with van der Waals surface area (Å²) in [6.07, 6.45) is 0. The largest absolute Gasteiger partial charge is 0.393 e. The summed E-state index contributed by atoms with van der Waals surface area (Å²) in [5, 5.41) is 10.6. The summed E-state index contributed by atoms with van der Waals surface area (Å²) in [5.41, 5.74) is 6.51. The van der Waals surface area contributed by atoms with Gasteiger partial charge in [-0.05, 0) is 29.8 Å². The molecule has 2 rings (SSSR count). The minimum absolute atomic E-state index is 0.0977. The van der Waals surface area contributed by atoms with Gasteiger partial charge >= 0.3 is 0 Å². The van der Waals surface area contributed by atoms with Crippen molar-refractivity contribution in [1.82, 2.24) is 0 Å². The molecule has 0 bridgehead atoms. The smallest absolute Gasteiger partial charge is 0.292 e. The van der Waals surface area contributed by atoms with Crippen molar-refractivity contribution in [3.63, 3.8) is 0 Å². The molecule has 98 valence electrons. The summed E-state index contributed by atoms with van der Waals surface area (Å²) in [6, 6.07) is 10.9. The van der Waals surface area contributed by atoms with Gasteiger partial charge in [-0.25, -0.2) is 4.39 Å². The van der Waals surface area contributed by atoms with Crippen LogP contribution in [0.2, 0.25) is 0 Å². The quantitative estimate of drug-likeness (QED) is 0.401. The van der Waals surface area contributed by atoms with E-state index in [1.54, 1.807) is 18.2 Å². The van der Waals surface area contributed by atoms with Gasteiger partial charge in [0.05, 0.1) is 4.92 Å². The molecular weight excluding hydrogens is 267 g/mol. The van der Waals surface area contributed by atoms with Crippen LogP contribution < -0.4 is 5.73 Å². The second-order valence-corrected chi connectivity index (χ2v) is 4.95. The van der Waals surface area contributed by atoms with Crippen LogP contribution in [0.4, 0.5) is 15.8 Å². The lowest BCUT2D eigenvalue weighted by atomic mass is 10.2. The van der Waals surface area contributed by atoms with Gasteiger partial charge in [0.1, 0.15) is 11.5 Å². The number of nitrogen functional groups attached to an aromatic ring is 1. The van der Waals surface area contributed by atoms with E-state index >= 15 is 0 Å². The number of nitrogens with zero attached hydrogens (tertiary/aromatic N) is 1. The molecule has 0 fully saturated rings. The van der Waals surface area contributed by atoms with Crippen molar-refractivity contribution in [1.29, 1.82) is 0 Å². The molecule has 19 heavy (non-hydrogen) atoms. The zero-order valence-corrected chi connectivity index (χ0v) is 10.7. The highest BCUT2D eigenvalue weighted by molar-refractivity contribution is 7.98. The molecule has 0 aliphatic heterocycles. The number of hydrogen-bond donors (Lipinski definition) is 1. The highest BCUT2D eigenvalue weighted by Gasteiger charge is 2.11. The maximum Gasteiger partial charge on any atom is 0.292 e. The van der Waals surface area contributed by atoms with Gasteiger partial charge in [-0.3, -0.25) is 10.1 Å². The minimum Gasteiger partial charge on any atom is -0.393 e. The van der Waals surface area contributed by atoms with Crippen molar-refractivity contribution < 1.29 is 9.31 Å². The highest BCUT2D eigenvalue weighted by Crippen LogP contribution is 2.27. The Bertz CT molecular complexity index is 619. The fourth-order valence-electron chi connectivity index (χ4n) is 1.58. The molecule has 0 aliphatic carbocycles. The third-order valence-electron chi connectivity index (χ3n) is 2.49. The van der Waals surface area contributed by atoms with Gasteiger partial charge < -0.3 is 5.73 Å². The molecule has 6 heteroatoms. The summed E-state index contributed by atoms with van der Waals surface area (Å²) in [4.78, 5) is 10.9. The Labute approximate surface area is 113 Å². The molecule has 0 aromatic heterocycles. The zero-order chi connectivity index (χ0) is 13.8. The normalized spacial score (nSPS) is 10.4. The van der Waals surface area contributed by atoms with E-state index in [1.165, 1.54) is 30.0 Å². The Hall–Kier alpha value is -2.08. The molecule has 4 nitrogen and oxygen atoms in total. The van der Waals surface area contributed by atoms with E-state index in [-0.39, 0.29) is 17.2 Å². The van der Waals surface area contributed by atoms with Gasteiger partial charge in [-0.1, -0.05) is 12.1 Å². The van der Waals surface area contributed by atoms with Crippen LogP contribution in [0.3, 0.4) is 0 Å². The molecule has 0 spiro atoms. The predicted octanol–water partition coefficient (Wildman–Crippen LogP) is 3.61. The molecule has 0 atom stereocenters. The number of nitro groups is 1.